The lowest BCUT2D eigenvalue weighted by atomic mass is 9.34. The van der Waals surface area contributed by atoms with Gasteiger partial charge in [-0.15, -0.1) is 0 Å². The van der Waals surface area contributed by atoms with E-state index in [1.807, 2.05) is 0 Å². The molecular weight excluding hydrogens is 560 g/mol. The Bertz CT molecular complexity index is 1110. The van der Waals surface area contributed by atoms with E-state index in [-0.39, 0.29) is 40.1 Å². The van der Waals surface area contributed by atoms with E-state index in [1.165, 1.54) is 11.1 Å². The van der Waals surface area contributed by atoms with Gasteiger partial charge in [-0.1, -0.05) is 57.9 Å². The van der Waals surface area contributed by atoms with Crippen LogP contribution >= 0.6 is 0 Å². The molecule has 5 aliphatic rings. The first-order valence-electron chi connectivity index (χ1n) is 17.1. The van der Waals surface area contributed by atoms with Crippen molar-refractivity contribution in [1.29, 1.82) is 0 Å². The van der Waals surface area contributed by atoms with Gasteiger partial charge in [-0.25, -0.2) is 0 Å². The van der Waals surface area contributed by atoms with Crippen LogP contribution in [0.25, 0.3) is 0 Å². The molecule has 6 N–H and O–H groups in total. The summed E-state index contributed by atoms with van der Waals surface area (Å²) in [5.41, 5.74) is 1.69. The van der Waals surface area contributed by atoms with Gasteiger partial charge in [0.15, 0.2) is 6.29 Å². The Balaban J connectivity index is 1.41. The van der Waals surface area contributed by atoms with Gasteiger partial charge in [0.2, 0.25) is 0 Å². The Hall–Kier alpha value is -0.840. The molecule has 4 aliphatic carbocycles. The molecule has 44 heavy (non-hydrogen) atoms. The van der Waals surface area contributed by atoms with Gasteiger partial charge in [0, 0.05) is 0 Å². The predicted molar refractivity (Wildman–Crippen MR) is 168 cm³/mol. The number of fused-ring (bicyclic) bond motifs is 5. The minimum Gasteiger partial charge on any atom is -0.394 e. The van der Waals surface area contributed by atoms with Crippen molar-refractivity contribution in [3.05, 3.63) is 23.3 Å². The number of aliphatic hydroxyl groups is 6. The van der Waals surface area contributed by atoms with Crippen LogP contribution in [-0.2, 0) is 9.47 Å². The molecule has 4 unspecified atom stereocenters. The SMILES string of the molecule is CC(C)=CC/C=C(\C)C1CC[C@]2(C)C1[C@H](O)CC1[C@@]3(C)CC[C@H](O[C@@H]4O[C@H](CO)[C@@H](O)[C@H](O)[C@H]4O)C(C)(C)C3[C@@H](O)C[C@]12C. The molecule has 1 aliphatic heterocycles. The Morgan fingerprint density at radius 3 is 2.16 bits per heavy atom. The highest BCUT2D eigenvalue weighted by Crippen LogP contribution is 2.75. The zero-order valence-electron chi connectivity index (χ0n) is 28.2. The first-order valence-corrected chi connectivity index (χ1v) is 17.1. The number of allylic oxidation sites excluding steroid dienone is 4. The third-order valence-electron chi connectivity index (χ3n) is 13.9. The molecule has 0 aromatic carbocycles. The molecule has 4 saturated carbocycles. The molecule has 5 fully saturated rings. The third kappa shape index (κ3) is 5.18. The Morgan fingerprint density at radius 1 is 0.841 bits per heavy atom. The fraction of sp³-hybridized carbons (Fsp3) is 0.889. The summed E-state index contributed by atoms with van der Waals surface area (Å²) >= 11 is 0. The molecule has 1 heterocycles. The molecular formula is C36H60O8. The van der Waals surface area contributed by atoms with Gasteiger partial charge >= 0.3 is 0 Å². The molecule has 5 rings (SSSR count). The van der Waals surface area contributed by atoms with E-state index in [1.54, 1.807) is 0 Å². The van der Waals surface area contributed by atoms with Crippen LogP contribution in [0.1, 0.15) is 100 Å². The molecule has 0 spiro atoms. The normalized spacial score (nSPS) is 52.1. The maximum absolute atomic E-state index is 12.2. The number of ether oxygens (including phenoxy) is 2. The molecule has 0 aromatic rings. The first-order chi connectivity index (χ1) is 20.4. The predicted octanol–water partition coefficient (Wildman–Crippen LogP) is 4.10. The van der Waals surface area contributed by atoms with Gasteiger partial charge < -0.3 is 40.1 Å². The van der Waals surface area contributed by atoms with Crippen molar-refractivity contribution in [3.8, 4) is 0 Å². The average molecular weight is 621 g/mol. The van der Waals surface area contributed by atoms with E-state index in [4.69, 9.17) is 9.47 Å². The lowest BCUT2D eigenvalue weighted by Gasteiger charge is -2.71. The molecule has 0 radical (unpaired) electrons. The Kier molecular flexibility index (Phi) is 9.40. The second-order valence-electron chi connectivity index (χ2n) is 16.8. The van der Waals surface area contributed by atoms with E-state index in [0.29, 0.717) is 18.8 Å². The molecule has 8 heteroatoms. The smallest absolute Gasteiger partial charge is 0.186 e. The molecule has 15 atom stereocenters. The zero-order valence-corrected chi connectivity index (χ0v) is 28.2. The van der Waals surface area contributed by atoms with Gasteiger partial charge in [-0.3, -0.25) is 0 Å². The number of rotatable bonds is 6. The number of hydrogen-bond acceptors (Lipinski definition) is 8. The minimum atomic E-state index is -1.50. The molecule has 0 bridgehead atoms. The van der Waals surface area contributed by atoms with E-state index >= 15 is 0 Å². The quantitative estimate of drug-likeness (QED) is 0.193. The lowest BCUT2D eigenvalue weighted by Crippen LogP contribution is -2.70. The molecule has 0 aromatic heterocycles. The second-order valence-corrected chi connectivity index (χ2v) is 16.8. The van der Waals surface area contributed by atoms with Crippen molar-refractivity contribution in [1.82, 2.24) is 0 Å². The summed E-state index contributed by atoms with van der Waals surface area (Å²) < 4.78 is 12.1. The Labute approximate surface area is 264 Å². The summed E-state index contributed by atoms with van der Waals surface area (Å²) in [6.07, 6.45) is 2.47. The standard InChI is InChI=1S/C36H60O8/c1-19(2)10-9-11-20(3)21-12-15-35(7)27(21)22(38)16-25-34(6)14-13-26(33(4,5)31(34)23(39)17-36(25,35)8)44-32-30(42)29(41)28(40)24(18-37)43-32/h10-11,21-32,37-42H,9,12-18H2,1-8H3/b20-11+/t21?,22-,23+,24-,25?,26+,27?,28-,29+,30-,31?,32+,34-,35-,36-/m1/s1. The van der Waals surface area contributed by atoms with Crippen LogP contribution in [0, 0.1) is 45.3 Å². The van der Waals surface area contributed by atoms with Crippen LogP contribution in [-0.4, -0.2) is 86.3 Å². The van der Waals surface area contributed by atoms with Gasteiger partial charge in [-0.2, -0.15) is 0 Å². The van der Waals surface area contributed by atoms with Gasteiger partial charge in [-0.05, 0) is 111 Å². The fourth-order valence-corrected chi connectivity index (χ4v) is 11.6. The monoisotopic (exact) mass is 620 g/mol. The van der Waals surface area contributed by atoms with Gasteiger partial charge in [0.05, 0.1) is 24.9 Å². The van der Waals surface area contributed by atoms with E-state index in [0.717, 1.165) is 32.1 Å². The summed E-state index contributed by atoms with van der Waals surface area (Å²) in [6, 6.07) is 0. The van der Waals surface area contributed by atoms with Crippen molar-refractivity contribution in [3.63, 3.8) is 0 Å². The van der Waals surface area contributed by atoms with Crippen molar-refractivity contribution < 1.29 is 40.1 Å². The van der Waals surface area contributed by atoms with Crippen LogP contribution in [0.5, 0.6) is 0 Å². The summed E-state index contributed by atoms with van der Waals surface area (Å²) in [7, 11) is 0. The third-order valence-corrected chi connectivity index (χ3v) is 13.9. The highest BCUT2D eigenvalue weighted by Gasteiger charge is 2.72. The lowest BCUT2D eigenvalue weighted by molar-refractivity contribution is -0.337. The first kappa shape index (κ1) is 34.5. The topological polar surface area (TPSA) is 140 Å². The number of aliphatic hydroxyl groups excluding tert-OH is 6. The van der Waals surface area contributed by atoms with E-state index < -0.39 is 54.9 Å². The second kappa shape index (κ2) is 12.0. The van der Waals surface area contributed by atoms with Crippen LogP contribution in [0.4, 0.5) is 0 Å². The Morgan fingerprint density at radius 2 is 1.52 bits per heavy atom. The maximum Gasteiger partial charge on any atom is 0.186 e. The summed E-state index contributed by atoms with van der Waals surface area (Å²) in [6.45, 7) is 17.3. The molecule has 8 nitrogen and oxygen atoms in total. The number of hydrogen-bond donors (Lipinski definition) is 6. The van der Waals surface area contributed by atoms with E-state index in [9.17, 15) is 30.6 Å². The largest absolute Gasteiger partial charge is 0.394 e. The molecule has 1 saturated heterocycles. The zero-order chi connectivity index (χ0) is 32.6. The van der Waals surface area contributed by atoms with Crippen molar-refractivity contribution in [2.24, 2.45) is 45.3 Å². The van der Waals surface area contributed by atoms with Crippen LogP contribution in [0.2, 0.25) is 0 Å². The van der Waals surface area contributed by atoms with Crippen LogP contribution in [0.3, 0.4) is 0 Å². The summed E-state index contributed by atoms with van der Waals surface area (Å²) in [5, 5.41) is 65.1. The van der Waals surface area contributed by atoms with Crippen molar-refractivity contribution >= 4 is 0 Å². The summed E-state index contributed by atoms with van der Waals surface area (Å²) in [5.74, 6) is 0.617. The van der Waals surface area contributed by atoms with Crippen molar-refractivity contribution in [2.45, 2.75) is 149 Å². The highest BCUT2D eigenvalue weighted by molar-refractivity contribution is 5.24. The molecule has 0 amide bonds. The van der Waals surface area contributed by atoms with Gasteiger partial charge in [0.1, 0.15) is 24.4 Å². The average Bonchev–Trinajstić information content (AvgIpc) is 3.31. The van der Waals surface area contributed by atoms with Gasteiger partial charge in [0.25, 0.3) is 0 Å². The molecule has 252 valence electrons. The fourth-order valence-electron chi connectivity index (χ4n) is 11.6. The van der Waals surface area contributed by atoms with E-state index in [2.05, 4.69) is 67.5 Å². The summed E-state index contributed by atoms with van der Waals surface area (Å²) in [4.78, 5) is 0. The van der Waals surface area contributed by atoms with Crippen LogP contribution in [0.15, 0.2) is 23.3 Å². The maximum atomic E-state index is 12.2. The highest BCUT2D eigenvalue weighted by atomic mass is 16.7. The van der Waals surface area contributed by atoms with Crippen LogP contribution < -0.4 is 0 Å². The van der Waals surface area contributed by atoms with Crippen molar-refractivity contribution in [2.75, 3.05) is 6.61 Å². The minimum absolute atomic E-state index is 0.103.